The first-order valence-corrected chi connectivity index (χ1v) is 8.65. The van der Waals surface area contributed by atoms with E-state index >= 15 is 0 Å². The molecule has 0 bridgehead atoms. The van der Waals surface area contributed by atoms with Gasteiger partial charge in [0, 0.05) is 21.4 Å². The number of rotatable bonds is 5. The number of aryl methyl sites for hydroxylation is 1. The predicted molar refractivity (Wildman–Crippen MR) is 81.6 cm³/mol. The second-order valence-corrected chi connectivity index (χ2v) is 7.26. The lowest BCUT2D eigenvalue weighted by Crippen LogP contribution is -2.24. The highest BCUT2D eigenvalue weighted by Gasteiger charge is 2.17. The summed E-state index contributed by atoms with van der Waals surface area (Å²) in [6.07, 6.45) is 3.35. The first-order valence-electron chi connectivity index (χ1n) is 5.04. The van der Waals surface area contributed by atoms with Crippen LogP contribution < -0.4 is 4.72 Å². The Morgan fingerprint density at radius 2 is 1.94 bits per heavy atom. The average Bonchev–Trinajstić information content (AvgIpc) is 2.29. The zero-order valence-electron chi connectivity index (χ0n) is 9.58. The number of sulfonamides is 1. The predicted octanol–water partition coefficient (Wildman–Crippen LogP) is 3.59. The Hall–Kier alpha value is 0.120. The van der Waals surface area contributed by atoms with Crippen molar-refractivity contribution in [1.82, 2.24) is 4.72 Å². The first kappa shape index (κ1) is 16.2. The highest BCUT2D eigenvalue weighted by molar-refractivity contribution is 9.11. The maximum atomic E-state index is 12.1. The number of hydrogen-bond acceptors (Lipinski definition) is 2. The van der Waals surface area contributed by atoms with Crippen molar-refractivity contribution in [2.45, 2.75) is 11.8 Å². The topological polar surface area (TPSA) is 46.2 Å². The van der Waals surface area contributed by atoms with E-state index in [9.17, 15) is 8.42 Å². The molecule has 100 valence electrons. The second-order valence-electron chi connectivity index (χ2n) is 3.51. The van der Waals surface area contributed by atoms with Gasteiger partial charge in [-0.25, -0.2) is 13.1 Å². The van der Waals surface area contributed by atoms with E-state index in [1.54, 1.807) is 24.3 Å². The van der Waals surface area contributed by atoms with E-state index in [1.807, 2.05) is 6.92 Å². The summed E-state index contributed by atoms with van der Waals surface area (Å²) in [5, 5.41) is 0. The average molecular weight is 418 g/mol. The van der Waals surface area contributed by atoms with E-state index in [1.165, 1.54) is 0 Å². The van der Waals surface area contributed by atoms with Gasteiger partial charge in [0.1, 0.15) is 0 Å². The van der Waals surface area contributed by atoms with Crippen molar-refractivity contribution < 1.29 is 8.42 Å². The summed E-state index contributed by atoms with van der Waals surface area (Å²) in [6.45, 7) is 2.11. The molecular weight excluding hydrogens is 405 g/mol. The van der Waals surface area contributed by atoms with Crippen LogP contribution in [-0.4, -0.2) is 20.8 Å². The molecule has 7 heteroatoms. The minimum Gasteiger partial charge on any atom is -0.207 e. The van der Waals surface area contributed by atoms with Gasteiger partial charge in [0.25, 0.3) is 0 Å². The maximum Gasteiger partial charge on any atom is 0.242 e. The van der Waals surface area contributed by atoms with Gasteiger partial charge in [0.15, 0.2) is 0 Å². The first-order chi connectivity index (χ1) is 8.38. The van der Waals surface area contributed by atoms with Gasteiger partial charge >= 0.3 is 0 Å². The van der Waals surface area contributed by atoms with Crippen LogP contribution in [0.5, 0.6) is 0 Å². The fourth-order valence-electron chi connectivity index (χ4n) is 1.22. The molecule has 0 radical (unpaired) electrons. The molecule has 0 saturated heterocycles. The van der Waals surface area contributed by atoms with Crippen LogP contribution in [-0.2, 0) is 10.0 Å². The number of allylic oxidation sites excluding steroid dienone is 1. The molecule has 0 aliphatic carbocycles. The van der Waals surface area contributed by atoms with Crippen molar-refractivity contribution >= 4 is 53.5 Å². The molecule has 0 spiro atoms. The highest BCUT2D eigenvalue weighted by atomic mass is 79.9. The van der Waals surface area contributed by atoms with E-state index in [0.29, 0.717) is 10.4 Å². The molecular formula is C11H12Br2ClNO2S. The largest absolute Gasteiger partial charge is 0.242 e. The lowest BCUT2D eigenvalue weighted by Gasteiger charge is -2.09. The second kappa shape index (κ2) is 7.05. The normalized spacial score (nSPS) is 12.2. The minimum absolute atomic E-state index is 0.208. The van der Waals surface area contributed by atoms with Crippen LogP contribution in [0.3, 0.4) is 0 Å². The van der Waals surface area contributed by atoms with Gasteiger partial charge in [-0.05, 0) is 40.5 Å². The number of benzene rings is 1. The van der Waals surface area contributed by atoms with Gasteiger partial charge in [-0.1, -0.05) is 28.1 Å². The van der Waals surface area contributed by atoms with Crippen LogP contribution >= 0.6 is 43.5 Å². The third-order valence-electron chi connectivity index (χ3n) is 2.15. The fraction of sp³-hybridized carbons (Fsp3) is 0.273. The Balaban J connectivity index is 2.98. The van der Waals surface area contributed by atoms with E-state index in [2.05, 4.69) is 36.6 Å². The third-order valence-corrected chi connectivity index (χ3v) is 5.56. The van der Waals surface area contributed by atoms with Crippen molar-refractivity contribution in [3.63, 3.8) is 0 Å². The van der Waals surface area contributed by atoms with Crippen LogP contribution in [0.15, 0.2) is 38.1 Å². The van der Waals surface area contributed by atoms with Crippen LogP contribution in [0.25, 0.3) is 0 Å². The molecule has 1 aromatic rings. The van der Waals surface area contributed by atoms with Gasteiger partial charge in [-0.15, -0.1) is 11.6 Å². The number of halogens is 3. The molecule has 0 fully saturated rings. The van der Waals surface area contributed by atoms with Crippen molar-refractivity contribution in [2.24, 2.45) is 0 Å². The molecule has 0 aliphatic heterocycles. The van der Waals surface area contributed by atoms with Crippen molar-refractivity contribution in [3.8, 4) is 0 Å². The molecule has 1 aromatic carbocycles. The van der Waals surface area contributed by atoms with E-state index in [0.717, 1.165) is 10.0 Å². The SMILES string of the molecule is Cc1cc(Br)c(S(=O)(=O)NC/C=C/CCl)cc1Br. The van der Waals surface area contributed by atoms with Gasteiger partial charge in [0.2, 0.25) is 10.0 Å². The van der Waals surface area contributed by atoms with Gasteiger partial charge < -0.3 is 0 Å². The summed E-state index contributed by atoms with van der Waals surface area (Å²) in [6, 6.07) is 3.33. The Kier molecular flexibility index (Phi) is 6.34. The lowest BCUT2D eigenvalue weighted by atomic mass is 10.2. The fourth-order valence-corrected chi connectivity index (χ4v) is 3.99. The molecule has 0 unspecified atom stereocenters. The number of hydrogen-bond donors (Lipinski definition) is 1. The molecule has 18 heavy (non-hydrogen) atoms. The third kappa shape index (κ3) is 4.35. The molecule has 0 heterocycles. The van der Waals surface area contributed by atoms with Gasteiger partial charge in [-0.3, -0.25) is 0 Å². The van der Waals surface area contributed by atoms with Crippen LogP contribution in [0.1, 0.15) is 5.56 Å². The quantitative estimate of drug-likeness (QED) is 0.588. The lowest BCUT2D eigenvalue weighted by molar-refractivity contribution is 0.585. The monoisotopic (exact) mass is 415 g/mol. The highest BCUT2D eigenvalue weighted by Crippen LogP contribution is 2.28. The van der Waals surface area contributed by atoms with Gasteiger partial charge in [0.05, 0.1) is 4.90 Å². The molecule has 3 nitrogen and oxygen atoms in total. The molecule has 1 N–H and O–H groups in total. The molecule has 0 aromatic heterocycles. The van der Waals surface area contributed by atoms with Gasteiger partial charge in [-0.2, -0.15) is 0 Å². The standard InChI is InChI=1S/C11H12Br2ClNO2S/c1-8-6-10(13)11(7-9(8)12)18(16,17)15-5-3-2-4-14/h2-3,6-7,15H,4-5H2,1H3/b3-2+. The van der Waals surface area contributed by atoms with Crippen molar-refractivity contribution in [1.29, 1.82) is 0 Å². The smallest absolute Gasteiger partial charge is 0.207 e. The molecule has 0 saturated carbocycles. The van der Waals surface area contributed by atoms with E-state index in [4.69, 9.17) is 11.6 Å². The van der Waals surface area contributed by atoms with Crippen LogP contribution in [0.4, 0.5) is 0 Å². The minimum atomic E-state index is -3.53. The maximum absolute atomic E-state index is 12.1. The Morgan fingerprint density at radius 3 is 2.56 bits per heavy atom. The summed E-state index contributed by atoms with van der Waals surface area (Å²) in [5.41, 5.74) is 0.961. The summed E-state index contributed by atoms with van der Waals surface area (Å²) in [7, 11) is -3.53. The van der Waals surface area contributed by atoms with Crippen molar-refractivity contribution in [2.75, 3.05) is 12.4 Å². The number of alkyl halides is 1. The van der Waals surface area contributed by atoms with E-state index in [-0.39, 0.29) is 11.4 Å². The molecule has 0 aliphatic rings. The molecule has 0 atom stereocenters. The molecule has 1 rings (SSSR count). The van der Waals surface area contributed by atoms with E-state index < -0.39 is 10.0 Å². The zero-order chi connectivity index (χ0) is 13.8. The molecule has 0 amide bonds. The van der Waals surface area contributed by atoms with Crippen LogP contribution in [0.2, 0.25) is 0 Å². The zero-order valence-corrected chi connectivity index (χ0v) is 14.3. The van der Waals surface area contributed by atoms with Crippen LogP contribution in [0, 0.1) is 6.92 Å². The Labute approximate surface area is 129 Å². The summed E-state index contributed by atoms with van der Waals surface area (Å²) in [4.78, 5) is 0.208. The number of nitrogens with one attached hydrogen (secondary N) is 1. The summed E-state index contributed by atoms with van der Waals surface area (Å²) in [5.74, 6) is 0.363. The Morgan fingerprint density at radius 1 is 1.28 bits per heavy atom. The summed E-state index contributed by atoms with van der Waals surface area (Å²) >= 11 is 12.0. The van der Waals surface area contributed by atoms with Crippen molar-refractivity contribution in [3.05, 3.63) is 38.8 Å². The summed E-state index contributed by atoms with van der Waals surface area (Å²) < 4.78 is 27.9. The Bertz CT molecular complexity index is 558.